The quantitative estimate of drug-likeness (QED) is 0.767. The molecule has 4 nitrogen and oxygen atoms in total. The Morgan fingerprint density at radius 2 is 1.95 bits per heavy atom. The van der Waals surface area contributed by atoms with Crippen LogP contribution in [0.2, 0.25) is 0 Å². The first-order valence-electron chi connectivity index (χ1n) is 6.06. The molecule has 100 valence electrons. The van der Waals surface area contributed by atoms with Crippen LogP contribution in [-0.4, -0.2) is 11.1 Å². The molecule has 0 aliphatic heterocycles. The van der Waals surface area contributed by atoms with Crippen LogP contribution >= 0.6 is 15.9 Å². The summed E-state index contributed by atoms with van der Waals surface area (Å²) in [7, 11) is 0. The van der Waals surface area contributed by atoms with E-state index in [4.69, 9.17) is 4.52 Å². The molecule has 3 aromatic rings. The minimum Gasteiger partial charge on any atom is -0.361 e. The average Bonchev–Trinajstić information content (AvgIpc) is 2.88. The SMILES string of the molecule is Cc1oncc1C(=O)Nc1ccc(Br)c2ccccc12. The third-order valence-corrected chi connectivity index (χ3v) is 3.81. The van der Waals surface area contributed by atoms with Gasteiger partial charge in [-0.25, -0.2) is 0 Å². The molecular formula is C15H11BrN2O2. The fourth-order valence-corrected chi connectivity index (χ4v) is 2.56. The Bertz CT molecular complexity index is 795. The van der Waals surface area contributed by atoms with Gasteiger partial charge in [0.1, 0.15) is 11.3 Å². The molecule has 0 atom stereocenters. The largest absolute Gasteiger partial charge is 0.361 e. The molecular weight excluding hydrogens is 320 g/mol. The normalized spacial score (nSPS) is 10.7. The van der Waals surface area contributed by atoms with Crippen molar-refractivity contribution in [1.29, 1.82) is 0 Å². The Labute approximate surface area is 123 Å². The van der Waals surface area contributed by atoms with E-state index in [0.29, 0.717) is 11.3 Å². The van der Waals surface area contributed by atoms with E-state index >= 15 is 0 Å². The number of nitrogens with zero attached hydrogens (tertiary/aromatic N) is 1. The smallest absolute Gasteiger partial charge is 0.260 e. The summed E-state index contributed by atoms with van der Waals surface area (Å²) in [5.74, 6) is 0.278. The molecule has 1 amide bonds. The van der Waals surface area contributed by atoms with Gasteiger partial charge in [-0.05, 0) is 24.4 Å². The van der Waals surface area contributed by atoms with Gasteiger partial charge in [0.2, 0.25) is 0 Å². The maximum Gasteiger partial charge on any atom is 0.260 e. The summed E-state index contributed by atoms with van der Waals surface area (Å²) in [5, 5.41) is 8.54. The summed E-state index contributed by atoms with van der Waals surface area (Å²) in [6.07, 6.45) is 1.42. The van der Waals surface area contributed by atoms with Crippen molar-refractivity contribution in [2.45, 2.75) is 6.92 Å². The van der Waals surface area contributed by atoms with Crippen LogP contribution in [0.1, 0.15) is 16.1 Å². The zero-order valence-electron chi connectivity index (χ0n) is 10.7. The number of halogens is 1. The van der Waals surface area contributed by atoms with Crippen molar-refractivity contribution in [3.63, 3.8) is 0 Å². The molecule has 0 aliphatic carbocycles. The van der Waals surface area contributed by atoms with Crippen LogP contribution in [0.3, 0.4) is 0 Å². The van der Waals surface area contributed by atoms with Crippen LogP contribution in [0.25, 0.3) is 10.8 Å². The molecule has 0 radical (unpaired) electrons. The number of carbonyl (C=O) groups excluding carboxylic acids is 1. The number of hydrogen-bond donors (Lipinski definition) is 1. The topological polar surface area (TPSA) is 55.1 Å². The summed E-state index contributed by atoms with van der Waals surface area (Å²) in [6, 6.07) is 11.7. The van der Waals surface area contributed by atoms with E-state index in [0.717, 1.165) is 20.9 Å². The Balaban J connectivity index is 2.02. The monoisotopic (exact) mass is 330 g/mol. The van der Waals surface area contributed by atoms with Gasteiger partial charge < -0.3 is 9.84 Å². The van der Waals surface area contributed by atoms with Gasteiger partial charge >= 0.3 is 0 Å². The molecule has 1 aromatic heterocycles. The van der Waals surface area contributed by atoms with E-state index in [1.165, 1.54) is 6.20 Å². The lowest BCUT2D eigenvalue weighted by molar-refractivity contribution is 0.102. The molecule has 1 heterocycles. The fraction of sp³-hybridized carbons (Fsp3) is 0.0667. The number of anilines is 1. The molecule has 3 rings (SSSR count). The molecule has 0 aliphatic rings. The predicted molar refractivity (Wildman–Crippen MR) is 80.8 cm³/mol. The van der Waals surface area contributed by atoms with Gasteiger partial charge in [0.25, 0.3) is 5.91 Å². The Kier molecular flexibility index (Phi) is 3.28. The number of rotatable bonds is 2. The minimum atomic E-state index is -0.226. The number of aryl methyl sites for hydroxylation is 1. The van der Waals surface area contributed by atoms with Crippen molar-refractivity contribution in [2.75, 3.05) is 5.32 Å². The van der Waals surface area contributed by atoms with Crippen LogP contribution in [0, 0.1) is 6.92 Å². The highest BCUT2D eigenvalue weighted by atomic mass is 79.9. The highest BCUT2D eigenvalue weighted by Gasteiger charge is 2.14. The number of amides is 1. The molecule has 0 spiro atoms. The summed E-state index contributed by atoms with van der Waals surface area (Å²) < 4.78 is 5.90. The standard InChI is InChI=1S/C15H11BrN2O2/c1-9-12(8-17-20-9)15(19)18-14-7-6-13(16)10-4-2-3-5-11(10)14/h2-8H,1H3,(H,18,19). The minimum absolute atomic E-state index is 0.226. The maximum absolute atomic E-state index is 12.2. The van der Waals surface area contributed by atoms with Crippen molar-refractivity contribution < 1.29 is 9.32 Å². The van der Waals surface area contributed by atoms with E-state index in [9.17, 15) is 4.79 Å². The van der Waals surface area contributed by atoms with Gasteiger partial charge in [0.05, 0.1) is 6.20 Å². The second-order valence-corrected chi connectivity index (χ2v) is 5.24. The van der Waals surface area contributed by atoms with Crippen LogP contribution in [-0.2, 0) is 0 Å². The van der Waals surface area contributed by atoms with E-state index in [1.807, 2.05) is 36.4 Å². The van der Waals surface area contributed by atoms with Crippen LogP contribution in [0.15, 0.2) is 51.6 Å². The highest BCUT2D eigenvalue weighted by Crippen LogP contribution is 2.30. The molecule has 1 N–H and O–H groups in total. The van der Waals surface area contributed by atoms with Gasteiger partial charge in [-0.1, -0.05) is 45.4 Å². The molecule has 0 saturated heterocycles. The lowest BCUT2D eigenvalue weighted by atomic mass is 10.1. The Morgan fingerprint density at radius 1 is 1.20 bits per heavy atom. The van der Waals surface area contributed by atoms with Crippen LogP contribution in [0.4, 0.5) is 5.69 Å². The number of hydrogen-bond acceptors (Lipinski definition) is 3. The molecule has 0 saturated carbocycles. The number of aromatic nitrogens is 1. The zero-order valence-corrected chi connectivity index (χ0v) is 12.3. The second kappa shape index (κ2) is 5.09. The van der Waals surface area contributed by atoms with Gasteiger partial charge in [-0.15, -0.1) is 0 Å². The molecule has 0 unspecified atom stereocenters. The fourth-order valence-electron chi connectivity index (χ4n) is 2.08. The summed E-state index contributed by atoms with van der Waals surface area (Å²) in [6.45, 7) is 1.71. The summed E-state index contributed by atoms with van der Waals surface area (Å²) in [4.78, 5) is 12.2. The second-order valence-electron chi connectivity index (χ2n) is 4.39. The summed E-state index contributed by atoms with van der Waals surface area (Å²) >= 11 is 3.51. The molecule has 0 fully saturated rings. The average molecular weight is 331 g/mol. The predicted octanol–water partition coefficient (Wildman–Crippen LogP) is 4.15. The van der Waals surface area contributed by atoms with E-state index in [1.54, 1.807) is 6.92 Å². The first-order chi connectivity index (χ1) is 9.66. The Morgan fingerprint density at radius 3 is 2.65 bits per heavy atom. The molecule has 0 bridgehead atoms. The van der Waals surface area contributed by atoms with Crippen molar-refractivity contribution in [3.05, 3.63) is 58.4 Å². The molecule has 5 heteroatoms. The van der Waals surface area contributed by atoms with E-state index < -0.39 is 0 Å². The van der Waals surface area contributed by atoms with Gasteiger partial charge in [-0.3, -0.25) is 4.79 Å². The van der Waals surface area contributed by atoms with Crippen molar-refractivity contribution in [1.82, 2.24) is 5.16 Å². The Hall–Kier alpha value is -2.14. The van der Waals surface area contributed by atoms with E-state index in [-0.39, 0.29) is 5.91 Å². The van der Waals surface area contributed by atoms with E-state index in [2.05, 4.69) is 26.4 Å². The van der Waals surface area contributed by atoms with Gasteiger partial charge in [0, 0.05) is 15.5 Å². The first-order valence-corrected chi connectivity index (χ1v) is 6.86. The number of benzene rings is 2. The third-order valence-electron chi connectivity index (χ3n) is 3.11. The lowest BCUT2D eigenvalue weighted by Gasteiger charge is -2.09. The van der Waals surface area contributed by atoms with Crippen LogP contribution in [0.5, 0.6) is 0 Å². The molecule has 20 heavy (non-hydrogen) atoms. The van der Waals surface area contributed by atoms with Gasteiger partial charge in [-0.2, -0.15) is 0 Å². The maximum atomic E-state index is 12.2. The van der Waals surface area contributed by atoms with Crippen LogP contribution < -0.4 is 5.32 Å². The third kappa shape index (κ3) is 2.20. The number of nitrogens with one attached hydrogen (secondary N) is 1. The zero-order chi connectivity index (χ0) is 14.1. The number of fused-ring (bicyclic) bond motifs is 1. The summed E-state index contributed by atoms with van der Waals surface area (Å²) in [5.41, 5.74) is 1.20. The van der Waals surface area contributed by atoms with Crippen molar-refractivity contribution in [2.24, 2.45) is 0 Å². The first kappa shape index (κ1) is 12.9. The van der Waals surface area contributed by atoms with Crippen molar-refractivity contribution >= 4 is 38.3 Å². The highest BCUT2D eigenvalue weighted by molar-refractivity contribution is 9.10. The lowest BCUT2D eigenvalue weighted by Crippen LogP contribution is -2.12. The number of carbonyl (C=O) groups is 1. The molecule has 2 aromatic carbocycles. The van der Waals surface area contributed by atoms with Gasteiger partial charge in [0.15, 0.2) is 0 Å². The van der Waals surface area contributed by atoms with Crippen molar-refractivity contribution in [3.8, 4) is 0 Å².